The van der Waals surface area contributed by atoms with Gasteiger partial charge in [-0.25, -0.2) is 9.97 Å². The average molecular weight is 255 g/mol. The van der Waals surface area contributed by atoms with Crippen molar-refractivity contribution >= 4 is 15.9 Å². The zero-order valence-corrected chi connectivity index (χ0v) is 10.0. The lowest BCUT2D eigenvalue weighted by molar-refractivity contribution is 0.659. The Morgan fingerprint density at radius 3 is 2.79 bits per heavy atom. The van der Waals surface area contributed by atoms with Crippen LogP contribution < -0.4 is 0 Å². The van der Waals surface area contributed by atoms with Gasteiger partial charge in [-0.3, -0.25) is 0 Å². The number of aryl methyl sites for hydroxylation is 1. The Morgan fingerprint density at radius 2 is 2.14 bits per heavy atom. The first kappa shape index (κ1) is 10.1. The van der Waals surface area contributed by atoms with Gasteiger partial charge in [0.15, 0.2) is 0 Å². The lowest BCUT2D eigenvalue weighted by Gasteiger charge is -2.09. The van der Waals surface area contributed by atoms with E-state index in [9.17, 15) is 0 Å². The van der Waals surface area contributed by atoms with Crippen LogP contribution in [0.25, 0.3) is 0 Å². The minimum Gasteiger partial charge on any atom is -0.240 e. The summed E-state index contributed by atoms with van der Waals surface area (Å²) in [6, 6.07) is 0. The van der Waals surface area contributed by atoms with Crippen LogP contribution in [-0.4, -0.2) is 9.97 Å². The molecule has 0 spiro atoms. The van der Waals surface area contributed by atoms with Crippen molar-refractivity contribution in [3.05, 3.63) is 22.2 Å². The summed E-state index contributed by atoms with van der Waals surface area (Å²) in [5.74, 6) is 1.68. The van der Waals surface area contributed by atoms with E-state index in [1.807, 2.05) is 6.20 Å². The average Bonchev–Trinajstić information content (AvgIpc) is 2.71. The van der Waals surface area contributed by atoms with E-state index in [0.717, 1.165) is 22.4 Å². The number of halogens is 1. The second kappa shape index (κ2) is 4.39. The van der Waals surface area contributed by atoms with Crippen molar-refractivity contribution < 1.29 is 0 Å². The Morgan fingerprint density at radius 1 is 1.43 bits per heavy atom. The Labute approximate surface area is 93.3 Å². The molecule has 1 fully saturated rings. The van der Waals surface area contributed by atoms with Crippen molar-refractivity contribution in [3.8, 4) is 0 Å². The van der Waals surface area contributed by atoms with Gasteiger partial charge < -0.3 is 0 Å². The van der Waals surface area contributed by atoms with Gasteiger partial charge in [0.25, 0.3) is 0 Å². The quantitative estimate of drug-likeness (QED) is 0.808. The van der Waals surface area contributed by atoms with E-state index in [0.29, 0.717) is 5.92 Å². The predicted octanol–water partition coefficient (Wildman–Crippen LogP) is 3.46. The summed E-state index contributed by atoms with van der Waals surface area (Å²) in [5.41, 5.74) is 1.14. The maximum Gasteiger partial charge on any atom is 0.131 e. The first-order valence-corrected chi connectivity index (χ1v) is 6.12. The van der Waals surface area contributed by atoms with Crippen LogP contribution in [0.4, 0.5) is 0 Å². The van der Waals surface area contributed by atoms with Gasteiger partial charge in [0.05, 0.1) is 10.2 Å². The zero-order valence-electron chi connectivity index (χ0n) is 8.46. The van der Waals surface area contributed by atoms with Crippen molar-refractivity contribution in [1.29, 1.82) is 0 Å². The smallest absolute Gasteiger partial charge is 0.131 e. The normalized spacial score (nSPS) is 17.6. The first-order chi connectivity index (χ1) is 6.81. The van der Waals surface area contributed by atoms with Crippen LogP contribution >= 0.6 is 15.9 Å². The Hall–Kier alpha value is -0.440. The van der Waals surface area contributed by atoms with Crippen molar-refractivity contribution in [2.75, 3.05) is 0 Å². The van der Waals surface area contributed by atoms with E-state index in [1.54, 1.807) is 0 Å². The summed E-state index contributed by atoms with van der Waals surface area (Å²) >= 11 is 3.47. The molecule has 0 atom stereocenters. The van der Waals surface area contributed by atoms with Gasteiger partial charge in [0.1, 0.15) is 5.82 Å². The molecule has 76 valence electrons. The van der Waals surface area contributed by atoms with Crippen LogP contribution in [0.3, 0.4) is 0 Å². The van der Waals surface area contributed by atoms with Crippen LogP contribution in [0.15, 0.2) is 10.7 Å². The third kappa shape index (κ3) is 1.97. The third-order valence-electron chi connectivity index (χ3n) is 2.89. The number of rotatable bonds is 2. The van der Waals surface area contributed by atoms with Crippen molar-refractivity contribution in [2.45, 2.75) is 44.9 Å². The van der Waals surface area contributed by atoms with Gasteiger partial charge in [-0.15, -0.1) is 0 Å². The molecule has 1 aliphatic rings. The highest BCUT2D eigenvalue weighted by Crippen LogP contribution is 2.32. The molecule has 0 aromatic carbocycles. The molecule has 0 aliphatic heterocycles. The largest absolute Gasteiger partial charge is 0.240 e. The molecule has 0 saturated heterocycles. The molecule has 0 unspecified atom stereocenters. The van der Waals surface area contributed by atoms with E-state index < -0.39 is 0 Å². The zero-order chi connectivity index (χ0) is 9.97. The van der Waals surface area contributed by atoms with Gasteiger partial charge in [-0.2, -0.15) is 0 Å². The van der Waals surface area contributed by atoms with Crippen LogP contribution in [0.5, 0.6) is 0 Å². The molecule has 0 radical (unpaired) electrons. The molecular formula is C11H15BrN2. The highest BCUT2D eigenvalue weighted by atomic mass is 79.9. The molecule has 0 bridgehead atoms. The van der Waals surface area contributed by atoms with Gasteiger partial charge in [-0.05, 0) is 35.2 Å². The van der Waals surface area contributed by atoms with E-state index in [4.69, 9.17) is 0 Å². The second-order valence-electron chi connectivity index (χ2n) is 3.86. The van der Waals surface area contributed by atoms with Gasteiger partial charge in [-0.1, -0.05) is 19.8 Å². The van der Waals surface area contributed by atoms with Crippen LogP contribution in [0, 0.1) is 0 Å². The van der Waals surface area contributed by atoms with Crippen molar-refractivity contribution in [2.24, 2.45) is 0 Å². The molecule has 1 aromatic heterocycles. The molecule has 2 rings (SSSR count). The topological polar surface area (TPSA) is 25.8 Å². The third-order valence-corrected chi connectivity index (χ3v) is 3.55. The molecule has 2 nitrogen and oxygen atoms in total. The number of hydrogen-bond donors (Lipinski definition) is 0. The van der Waals surface area contributed by atoms with E-state index in [2.05, 4.69) is 32.8 Å². The van der Waals surface area contributed by atoms with E-state index in [1.165, 1.54) is 25.7 Å². The maximum atomic E-state index is 4.61. The Bertz CT molecular complexity index is 319. The minimum atomic E-state index is 0.619. The van der Waals surface area contributed by atoms with Crippen LogP contribution in [-0.2, 0) is 6.42 Å². The Balaban J connectivity index is 2.25. The molecule has 1 saturated carbocycles. The molecule has 1 aliphatic carbocycles. The number of hydrogen-bond acceptors (Lipinski definition) is 2. The second-order valence-corrected chi connectivity index (χ2v) is 4.71. The van der Waals surface area contributed by atoms with Crippen molar-refractivity contribution in [3.63, 3.8) is 0 Å². The fourth-order valence-electron chi connectivity index (χ4n) is 2.05. The van der Waals surface area contributed by atoms with Crippen LogP contribution in [0.1, 0.15) is 50.0 Å². The van der Waals surface area contributed by atoms with Gasteiger partial charge in [0, 0.05) is 12.1 Å². The van der Waals surface area contributed by atoms with Crippen molar-refractivity contribution in [1.82, 2.24) is 9.97 Å². The minimum absolute atomic E-state index is 0.619. The summed E-state index contributed by atoms with van der Waals surface area (Å²) < 4.78 is 1.04. The summed E-state index contributed by atoms with van der Waals surface area (Å²) in [4.78, 5) is 9.03. The molecular weight excluding hydrogens is 240 g/mol. The molecule has 1 heterocycles. The molecule has 3 heteroatoms. The fourth-order valence-corrected chi connectivity index (χ4v) is 2.52. The monoisotopic (exact) mass is 254 g/mol. The SMILES string of the molecule is CCc1nc(C2CCCC2)ncc1Br. The number of aromatic nitrogens is 2. The molecule has 1 aromatic rings. The summed E-state index contributed by atoms with van der Waals surface area (Å²) in [6.07, 6.45) is 8.09. The molecule has 0 amide bonds. The summed E-state index contributed by atoms with van der Waals surface area (Å²) in [5, 5.41) is 0. The highest BCUT2D eigenvalue weighted by molar-refractivity contribution is 9.10. The standard InChI is InChI=1S/C11H15BrN2/c1-2-10-9(12)7-13-11(14-10)8-5-3-4-6-8/h7-8H,2-6H2,1H3. The maximum absolute atomic E-state index is 4.61. The number of nitrogens with zero attached hydrogens (tertiary/aromatic N) is 2. The molecule has 0 N–H and O–H groups in total. The van der Waals surface area contributed by atoms with E-state index >= 15 is 0 Å². The lowest BCUT2D eigenvalue weighted by Crippen LogP contribution is -2.03. The van der Waals surface area contributed by atoms with E-state index in [-0.39, 0.29) is 0 Å². The predicted molar refractivity (Wildman–Crippen MR) is 60.3 cm³/mol. The van der Waals surface area contributed by atoms with Crippen LogP contribution in [0.2, 0.25) is 0 Å². The fraction of sp³-hybridized carbons (Fsp3) is 0.636. The van der Waals surface area contributed by atoms with Gasteiger partial charge >= 0.3 is 0 Å². The highest BCUT2D eigenvalue weighted by Gasteiger charge is 2.20. The first-order valence-electron chi connectivity index (χ1n) is 5.32. The molecule has 14 heavy (non-hydrogen) atoms. The summed E-state index contributed by atoms with van der Waals surface area (Å²) in [6.45, 7) is 2.13. The van der Waals surface area contributed by atoms with Gasteiger partial charge in [0.2, 0.25) is 0 Å². The lowest BCUT2D eigenvalue weighted by atomic mass is 10.1. The Kier molecular flexibility index (Phi) is 3.16. The summed E-state index contributed by atoms with van der Waals surface area (Å²) in [7, 11) is 0.